The predicted molar refractivity (Wildman–Crippen MR) is 73.6 cm³/mol. The summed E-state index contributed by atoms with van der Waals surface area (Å²) in [7, 11) is 1.15. The fraction of sp³-hybridized carbons (Fsp3) is 0.0769. The lowest BCUT2D eigenvalue weighted by molar-refractivity contribution is 0.0594. The first kappa shape index (κ1) is 14.9. The molecule has 2 N–H and O–H groups in total. The van der Waals surface area contributed by atoms with E-state index in [4.69, 9.17) is 17.3 Å². The number of nitrogens with zero attached hydrogens (tertiary/aromatic N) is 2. The summed E-state index contributed by atoms with van der Waals surface area (Å²) in [6, 6.07) is 3.72. The average molecular weight is 310 g/mol. The van der Waals surface area contributed by atoms with Gasteiger partial charge in [0.25, 0.3) is 0 Å². The standard InChI is InChI=1S/C13H9ClFN3O3/c1-21-13(20)10-9(14)11(16)18-12(17-10)7-3-2-6(5-19)4-8(7)15/h2-5H,1H3,(H2,16,17,18). The molecule has 21 heavy (non-hydrogen) atoms. The average Bonchev–Trinajstić information content (AvgIpc) is 2.49. The van der Waals surface area contributed by atoms with E-state index in [1.54, 1.807) is 0 Å². The summed E-state index contributed by atoms with van der Waals surface area (Å²) in [4.78, 5) is 29.9. The molecule has 2 aromatic rings. The van der Waals surface area contributed by atoms with Crippen LogP contribution in [0, 0.1) is 5.82 Å². The number of aromatic nitrogens is 2. The quantitative estimate of drug-likeness (QED) is 0.689. The Balaban J connectivity index is 2.62. The first-order chi connectivity index (χ1) is 9.97. The van der Waals surface area contributed by atoms with Crippen LogP contribution in [0.1, 0.15) is 20.8 Å². The second-order valence-corrected chi connectivity index (χ2v) is 4.32. The van der Waals surface area contributed by atoms with Crippen LogP contribution < -0.4 is 5.73 Å². The molecule has 0 saturated carbocycles. The summed E-state index contributed by atoms with van der Waals surface area (Å²) in [6.45, 7) is 0. The molecule has 0 aliphatic carbocycles. The highest BCUT2D eigenvalue weighted by atomic mass is 35.5. The molecule has 0 unspecified atom stereocenters. The Morgan fingerprint density at radius 3 is 2.71 bits per heavy atom. The predicted octanol–water partition coefficient (Wildman–Crippen LogP) is 2.12. The molecule has 0 amide bonds. The van der Waals surface area contributed by atoms with E-state index in [0.29, 0.717) is 6.29 Å². The Hall–Kier alpha value is -2.54. The van der Waals surface area contributed by atoms with Crippen LogP contribution in [0.3, 0.4) is 0 Å². The van der Waals surface area contributed by atoms with Gasteiger partial charge in [-0.1, -0.05) is 17.7 Å². The number of carbonyl (C=O) groups excluding carboxylic acids is 2. The van der Waals surface area contributed by atoms with Gasteiger partial charge in [-0.2, -0.15) is 0 Å². The number of halogens is 2. The van der Waals surface area contributed by atoms with Crippen molar-refractivity contribution in [2.45, 2.75) is 0 Å². The van der Waals surface area contributed by atoms with E-state index in [1.165, 1.54) is 12.1 Å². The lowest BCUT2D eigenvalue weighted by Crippen LogP contribution is -2.10. The van der Waals surface area contributed by atoms with E-state index in [9.17, 15) is 14.0 Å². The Labute approximate surface area is 123 Å². The van der Waals surface area contributed by atoms with Crippen molar-refractivity contribution in [1.82, 2.24) is 9.97 Å². The zero-order valence-electron chi connectivity index (χ0n) is 10.8. The zero-order valence-corrected chi connectivity index (χ0v) is 11.5. The third-order valence-corrected chi connectivity index (χ3v) is 3.00. The van der Waals surface area contributed by atoms with Crippen LogP contribution in [0.25, 0.3) is 11.4 Å². The van der Waals surface area contributed by atoms with Crippen LogP contribution in [0.5, 0.6) is 0 Å². The van der Waals surface area contributed by atoms with Crippen molar-refractivity contribution in [3.63, 3.8) is 0 Å². The van der Waals surface area contributed by atoms with Gasteiger partial charge < -0.3 is 10.5 Å². The summed E-state index contributed by atoms with van der Waals surface area (Å²) < 4.78 is 18.5. The number of nitrogen functional groups attached to an aromatic ring is 1. The molecule has 0 aliphatic heterocycles. The number of ether oxygens (including phenoxy) is 1. The maximum absolute atomic E-state index is 13.9. The molecule has 0 spiro atoms. The largest absolute Gasteiger partial charge is 0.464 e. The van der Waals surface area contributed by atoms with Gasteiger partial charge in [0, 0.05) is 5.56 Å². The van der Waals surface area contributed by atoms with Gasteiger partial charge in [-0.15, -0.1) is 0 Å². The van der Waals surface area contributed by atoms with Gasteiger partial charge in [0.2, 0.25) is 0 Å². The summed E-state index contributed by atoms with van der Waals surface area (Å²) >= 11 is 5.82. The number of anilines is 1. The highest BCUT2D eigenvalue weighted by Crippen LogP contribution is 2.27. The van der Waals surface area contributed by atoms with Crippen molar-refractivity contribution < 1.29 is 18.7 Å². The first-order valence-corrected chi connectivity index (χ1v) is 6.02. The van der Waals surface area contributed by atoms with Gasteiger partial charge in [0.1, 0.15) is 22.9 Å². The van der Waals surface area contributed by atoms with Crippen molar-refractivity contribution in [2.24, 2.45) is 0 Å². The van der Waals surface area contributed by atoms with Crippen LogP contribution in [0.4, 0.5) is 10.2 Å². The molecule has 1 aromatic carbocycles. The SMILES string of the molecule is COC(=O)c1nc(-c2ccc(C=O)cc2F)nc(N)c1Cl. The number of nitrogens with two attached hydrogens (primary N) is 1. The summed E-state index contributed by atoms with van der Waals surface area (Å²) in [5.74, 6) is -1.86. The number of benzene rings is 1. The molecule has 0 aliphatic rings. The minimum absolute atomic E-state index is 0.0193. The fourth-order valence-corrected chi connectivity index (χ4v) is 1.76. The van der Waals surface area contributed by atoms with Gasteiger partial charge >= 0.3 is 5.97 Å². The molecule has 0 saturated heterocycles. The maximum Gasteiger partial charge on any atom is 0.358 e. The van der Waals surface area contributed by atoms with E-state index < -0.39 is 11.8 Å². The minimum Gasteiger partial charge on any atom is -0.464 e. The summed E-state index contributed by atoms with van der Waals surface area (Å²) in [6.07, 6.45) is 0.504. The van der Waals surface area contributed by atoms with Crippen LogP contribution in [-0.4, -0.2) is 29.3 Å². The van der Waals surface area contributed by atoms with Gasteiger partial charge in [-0.3, -0.25) is 4.79 Å². The minimum atomic E-state index is -0.819. The third-order valence-electron chi connectivity index (χ3n) is 2.63. The van der Waals surface area contributed by atoms with E-state index in [-0.39, 0.29) is 33.5 Å². The molecule has 6 nitrogen and oxygen atoms in total. The molecule has 8 heteroatoms. The van der Waals surface area contributed by atoms with Crippen molar-refractivity contribution in [3.8, 4) is 11.4 Å². The Bertz CT molecular complexity index is 737. The lowest BCUT2D eigenvalue weighted by atomic mass is 10.1. The molecule has 1 aromatic heterocycles. The Morgan fingerprint density at radius 1 is 1.43 bits per heavy atom. The zero-order chi connectivity index (χ0) is 15.6. The normalized spacial score (nSPS) is 10.2. The molecule has 1 heterocycles. The highest BCUT2D eigenvalue weighted by molar-refractivity contribution is 6.35. The van der Waals surface area contributed by atoms with Crippen molar-refractivity contribution in [1.29, 1.82) is 0 Å². The van der Waals surface area contributed by atoms with Gasteiger partial charge in [0.15, 0.2) is 11.5 Å². The number of rotatable bonds is 3. The molecule has 0 atom stereocenters. The highest BCUT2D eigenvalue weighted by Gasteiger charge is 2.20. The van der Waals surface area contributed by atoms with Crippen LogP contribution in [0.2, 0.25) is 5.02 Å². The van der Waals surface area contributed by atoms with Gasteiger partial charge in [-0.05, 0) is 12.1 Å². The molecule has 0 radical (unpaired) electrons. The van der Waals surface area contributed by atoms with Crippen LogP contribution >= 0.6 is 11.6 Å². The monoisotopic (exact) mass is 309 g/mol. The number of aldehydes is 1. The molecular formula is C13H9ClFN3O3. The number of hydrogen-bond donors (Lipinski definition) is 1. The van der Waals surface area contributed by atoms with Crippen LogP contribution in [-0.2, 0) is 4.74 Å². The van der Waals surface area contributed by atoms with Gasteiger partial charge in [0.05, 0.1) is 12.7 Å². The molecule has 0 fully saturated rings. The number of hydrogen-bond acceptors (Lipinski definition) is 6. The van der Waals surface area contributed by atoms with E-state index in [2.05, 4.69) is 14.7 Å². The first-order valence-electron chi connectivity index (χ1n) is 5.64. The Morgan fingerprint density at radius 2 is 2.14 bits per heavy atom. The molecule has 0 bridgehead atoms. The summed E-state index contributed by atoms with van der Waals surface area (Å²) in [5.41, 5.74) is 5.46. The smallest absolute Gasteiger partial charge is 0.358 e. The molecule has 2 rings (SSSR count). The Kier molecular flexibility index (Phi) is 4.13. The van der Waals surface area contributed by atoms with Crippen molar-refractivity contribution in [3.05, 3.63) is 40.3 Å². The lowest BCUT2D eigenvalue weighted by Gasteiger charge is -2.08. The maximum atomic E-state index is 13.9. The van der Waals surface area contributed by atoms with E-state index in [1.807, 2.05) is 0 Å². The second kappa shape index (κ2) is 5.84. The summed E-state index contributed by atoms with van der Waals surface area (Å²) in [5, 5.41) is -0.171. The topological polar surface area (TPSA) is 95.2 Å². The van der Waals surface area contributed by atoms with Crippen LogP contribution in [0.15, 0.2) is 18.2 Å². The molecule has 108 valence electrons. The van der Waals surface area contributed by atoms with Crippen molar-refractivity contribution >= 4 is 29.7 Å². The van der Waals surface area contributed by atoms with E-state index in [0.717, 1.165) is 13.2 Å². The number of carbonyl (C=O) groups is 2. The fourth-order valence-electron chi connectivity index (χ4n) is 1.60. The third kappa shape index (κ3) is 2.82. The second-order valence-electron chi connectivity index (χ2n) is 3.94. The van der Waals surface area contributed by atoms with E-state index >= 15 is 0 Å². The van der Waals surface area contributed by atoms with Crippen molar-refractivity contribution in [2.75, 3.05) is 12.8 Å². The molecular weight excluding hydrogens is 301 g/mol. The number of esters is 1. The number of methoxy groups -OCH3 is 1. The van der Waals surface area contributed by atoms with Gasteiger partial charge in [-0.25, -0.2) is 19.2 Å².